The molecule has 5 nitrogen and oxygen atoms in total. The van der Waals surface area contributed by atoms with Crippen LogP contribution in [-0.2, 0) is 9.53 Å². The van der Waals surface area contributed by atoms with Crippen molar-refractivity contribution in [3.8, 4) is 0 Å². The fraction of sp³-hybridized carbons (Fsp3) is 0.375. The molecule has 6 heteroatoms. The van der Waals surface area contributed by atoms with Crippen LogP contribution in [-0.4, -0.2) is 18.1 Å². The summed E-state index contributed by atoms with van der Waals surface area (Å²) in [4.78, 5) is 24.1. The van der Waals surface area contributed by atoms with Gasteiger partial charge in [0.2, 0.25) is 0 Å². The maximum Gasteiger partial charge on any atom is 0.338 e. The Balaban J connectivity index is 2.41. The van der Waals surface area contributed by atoms with Gasteiger partial charge in [0, 0.05) is 11.3 Å². The quantitative estimate of drug-likeness (QED) is 0.841. The molecule has 0 bridgehead atoms. The molecule has 1 aromatic carbocycles. The van der Waals surface area contributed by atoms with Crippen molar-refractivity contribution in [1.29, 1.82) is 0 Å². The van der Waals surface area contributed by atoms with Crippen molar-refractivity contribution in [2.45, 2.75) is 39.3 Å². The van der Waals surface area contributed by atoms with Crippen molar-refractivity contribution < 1.29 is 18.7 Å². The van der Waals surface area contributed by atoms with Crippen molar-refractivity contribution in [1.82, 2.24) is 10.6 Å². The summed E-state index contributed by atoms with van der Waals surface area (Å²) in [5.74, 6) is -1.05. The number of ether oxygens (including phenoxy) is 1. The van der Waals surface area contributed by atoms with Crippen LogP contribution in [0.4, 0.5) is 9.18 Å². The lowest BCUT2D eigenvalue weighted by Crippen LogP contribution is -2.45. The van der Waals surface area contributed by atoms with Gasteiger partial charge in [0.05, 0.1) is 17.7 Å². The zero-order valence-electron chi connectivity index (χ0n) is 12.8. The molecule has 1 aliphatic rings. The SMILES string of the molecule is CC[C@H](C)OC(=O)C1=C(C)NC(=O)N[C@H]1c1ccccc1F. The first-order valence-electron chi connectivity index (χ1n) is 7.17. The molecule has 0 radical (unpaired) electrons. The van der Waals surface area contributed by atoms with Gasteiger partial charge in [0.25, 0.3) is 0 Å². The number of benzene rings is 1. The van der Waals surface area contributed by atoms with E-state index in [-0.39, 0.29) is 17.2 Å². The number of amides is 2. The molecule has 0 saturated heterocycles. The van der Waals surface area contributed by atoms with Crippen LogP contribution in [0, 0.1) is 5.82 Å². The number of allylic oxidation sites excluding steroid dienone is 1. The maximum absolute atomic E-state index is 14.0. The Morgan fingerprint density at radius 2 is 2.09 bits per heavy atom. The van der Waals surface area contributed by atoms with Gasteiger partial charge in [-0.15, -0.1) is 0 Å². The van der Waals surface area contributed by atoms with Gasteiger partial charge in [-0.2, -0.15) is 0 Å². The Morgan fingerprint density at radius 3 is 2.73 bits per heavy atom. The fourth-order valence-electron chi connectivity index (χ4n) is 2.24. The number of halogens is 1. The molecule has 118 valence electrons. The van der Waals surface area contributed by atoms with Gasteiger partial charge in [-0.1, -0.05) is 25.1 Å². The summed E-state index contributed by atoms with van der Waals surface area (Å²) >= 11 is 0. The predicted molar refractivity (Wildman–Crippen MR) is 79.4 cm³/mol. The summed E-state index contributed by atoms with van der Waals surface area (Å²) in [5.41, 5.74) is 0.808. The second kappa shape index (κ2) is 6.60. The second-order valence-electron chi connectivity index (χ2n) is 5.22. The largest absolute Gasteiger partial charge is 0.459 e. The Hall–Kier alpha value is -2.37. The third-order valence-corrected chi connectivity index (χ3v) is 3.59. The molecule has 1 heterocycles. The van der Waals surface area contributed by atoms with E-state index in [4.69, 9.17) is 4.74 Å². The highest BCUT2D eigenvalue weighted by Gasteiger charge is 2.34. The molecular weight excluding hydrogens is 287 g/mol. The highest BCUT2D eigenvalue weighted by molar-refractivity contribution is 5.95. The van der Waals surface area contributed by atoms with Crippen LogP contribution in [0.15, 0.2) is 35.5 Å². The summed E-state index contributed by atoms with van der Waals surface area (Å²) in [6.07, 6.45) is 0.411. The number of urea groups is 1. The molecule has 0 spiro atoms. The molecule has 2 rings (SSSR count). The number of esters is 1. The van der Waals surface area contributed by atoms with Crippen molar-refractivity contribution in [2.24, 2.45) is 0 Å². The van der Waals surface area contributed by atoms with Crippen LogP contribution < -0.4 is 10.6 Å². The highest BCUT2D eigenvalue weighted by atomic mass is 19.1. The summed E-state index contributed by atoms with van der Waals surface area (Å²) in [6.45, 7) is 5.27. The number of carbonyl (C=O) groups is 2. The van der Waals surface area contributed by atoms with Crippen LogP contribution in [0.3, 0.4) is 0 Å². The number of rotatable bonds is 4. The third kappa shape index (κ3) is 3.27. The Bertz CT molecular complexity index is 628. The summed E-state index contributed by atoms with van der Waals surface area (Å²) in [7, 11) is 0. The third-order valence-electron chi connectivity index (χ3n) is 3.59. The van der Waals surface area contributed by atoms with Crippen LogP contribution in [0.25, 0.3) is 0 Å². The van der Waals surface area contributed by atoms with E-state index in [0.717, 1.165) is 0 Å². The lowest BCUT2D eigenvalue weighted by Gasteiger charge is -2.29. The van der Waals surface area contributed by atoms with Crippen molar-refractivity contribution in [2.75, 3.05) is 0 Å². The highest BCUT2D eigenvalue weighted by Crippen LogP contribution is 2.29. The molecule has 0 unspecified atom stereocenters. The van der Waals surface area contributed by atoms with E-state index in [1.165, 1.54) is 12.1 Å². The summed E-state index contributed by atoms with van der Waals surface area (Å²) < 4.78 is 19.4. The van der Waals surface area contributed by atoms with E-state index in [2.05, 4.69) is 10.6 Å². The molecule has 0 aromatic heterocycles. The van der Waals surface area contributed by atoms with Gasteiger partial charge in [-0.3, -0.25) is 0 Å². The molecule has 2 amide bonds. The average Bonchev–Trinajstić information content (AvgIpc) is 2.46. The Morgan fingerprint density at radius 1 is 1.41 bits per heavy atom. The van der Waals surface area contributed by atoms with Crippen LogP contribution in [0.5, 0.6) is 0 Å². The Kier molecular flexibility index (Phi) is 4.80. The van der Waals surface area contributed by atoms with Crippen molar-refractivity contribution in [3.05, 3.63) is 46.9 Å². The van der Waals surface area contributed by atoms with E-state index in [1.54, 1.807) is 26.0 Å². The average molecular weight is 306 g/mol. The number of hydrogen-bond acceptors (Lipinski definition) is 3. The van der Waals surface area contributed by atoms with Crippen molar-refractivity contribution in [3.63, 3.8) is 0 Å². The first-order chi connectivity index (χ1) is 10.4. The topological polar surface area (TPSA) is 67.4 Å². The molecule has 0 saturated carbocycles. The van der Waals surface area contributed by atoms with Gasteiger partial charge < -0.3 is 15.4 Å². The van der Waals surface area contributed by atoms with Gasteiger partial charge >= 0.3 is 12.0 Å². The molecular formula is C16H19FN2O3. The molecule has 0 fully saturated rings. The summed E-state index contributed by atoms with van der Waals surface area (Å²) in [6, 6.07) is 4.68. The molecule has 22 heavy (non-hydrogen) atoms. The molecule has 2 atom stereocenters. The fourth-order valence-corrected chi connectivity index (χ4v) is 2.24. The predicted octanol–water partition coefficient (Wildman–Crippen LogP) is 2.80. The summed E-state index contributed by atoms with van der Waals surface area (Å²) in [5, 5.41) is 5.10. The van der Waals surface area contributed by atoms with Crippen LogP contribution in [0.1, 0.15) is 38.8 Å². The Labute approximate surface area is 128 Å². The van der Waals surface area contributed by atoms with Crippen molar-refractivity contribution >= 4 is 12.0 Å². The number of hydrogen-bond donors (Lipinski definition) is 2. The minimum atomic E-state index is -0.869. The first kappa shape index (κ1) is 16.0. The zero-order chi connectivity index (χ0) is 16.3. The van der Waals surface area contributed by atoms with E-state index < -0.39 is 23.9 Å². The lowest BCUT2D eigenvalue weighted by molar-refractivity contribution is -0.144. The normalized spacial score (nSPS) is 19.3. The molecule has 2 N–H and O–H groups in total. The maximum atomic E-state index is 14.0. The molecule has 1 aliphatic heterocycles. The van der Waals surface area contributed by atoms with E-state index in [1.807, 2.05) is 6.92 Å². The van der Waals surface area contributed by atoms with Gasteiger partial charge in [-0.25, -0.2) is 14.0 Å². The minimum absolute atomic E-state index is 0.213. The zero-order valence-corrected chi connectivity index (χ0v) is 12.8. The second-order valence-corrected chi connectivity index (χ2v) is 5.22. The van der Waals surface area contributed by atoms with Gasteiger partial charge in [0.1, 0.15) is 5.82 Å². The van der Waals surface area contributed by atoms with E-state index in [0.29, 0.717) is 12.1 Å². The smallest absolute Gasteiger partial charge is 0.338 e. The van der Waals surface area contributed by atoms with E-state index in [9.17, 15) is 14.0 Å². The standard InChI is InChI=1S/C16H19FN2O3/c1-4-9(2)22-15(20)13-10(3)18-16(21)19-14(13)11-7-5-6-8-12(11)17/h5-9,14H,4H2,1-3H3,(H2,18,19,21)/t9-,14-/m0/s1. The lowest BCUT2D eigenvalue weighted by atomic mass is 9.95. The first-order valence-corrected chi connectivity index (χ1v) is 7.17. The van der Waals surface area contributed by atoms with Gasteiger partial charge in [0.15, 0.2) is 0 Å². The monoisotopic (exact) mass is 306 g/mol. The molecule has 0 aliphatic carbocycles. The number of carbonyl (C=O) groups excluding carboxylic acids is 2. The molecule has 1 aromatic rings. The van der Waals surface area contributed by atoms with Crippen LogP contribution in [0.2, 0.25) is 0 Å². The minimum Gasteiger partial charge on any atom is -0.459 e. The van der Waals surface area contributed by atoms with Crippen LogP contribution >= 0.6 is 0 Å². The van der Waals surface area contributed by atoms with E-state index >= 15 is 0 Å². The van der Waals surface area contributed by atoms with Gasteiger partial charge in [-0.05, 0) is 26.3 Å². The number of nitrogens with one attached hydrogen (secondary N) is 2.